The van der Waals surface area contributed by atoms with Gasteiger partial charge in [-0.05, 0) is 24.7 Å². The van der Waals surface area contributed by atoms with Crippen molar-refractivity contribution < 1.29 is 14.3 Å². The van der Waals surface area contributed by atoms with Gasteiger partial charge in [-0.2, -0.15) is 0 Å². The summed E-state index contributed by atoms with van der Waals surface area (Å²) >= 11 is 0. The van der Waals surface area contributed by atoms with E-state index in [9.17, 15) is 9.18 Å². The molecule has 0 saturated heterocycles. The van der Waals surface area contributed by atoms with Crippen LogP contribution in [0.2, 0.25) is 0 Å². The van der Waals surface area contributed by atoms with E-state index in [1.165, 1.54) is 18.2 Å². The van der Waals surface area contributed by atoms with Crippen LogP contribution in [0.4, 0.5) is 4.39 Å². The van der Waals surface area contributed by atoms with Crippen LogP contribution in [0.15, 0.2) is 24.3 Å². The normalized spacial score (nSPS) is 14.6. The lowest BCUT2D eigenvalue weighted by molar-refractivity contribution is -0.139. The quantitative estimate of drug-likeness (QED) is 0.679. The van der Waals surface area contributed by atoms with Gasteiger partial charge in [-0.1, -0.05) is 12.1 Å². The fraction of sp³-hybridized carbons (Fsp3) is 0.300. The Balaban J connectivity index is 2.97. The molecule has 1 rings (SSSR count). The summed E-state index contributed by atoms with van der Waals surface area (Å²) in [6.45, 7) is 0. The van der Waals surface area contributed by atoms with E-state index in [0.29, 0.717) is 5.56 Å². The molecule has 0 bridgehead atoms. The van der Waals surface area contributed by atoms with Gasteiger partial charge in [-0.3, -0.25) is 4.79 Å². The van der Waals surface area contributed by atoms with Crippen LogP contribution in [0.5, 0.6) is 0 Å². The van der Waals surface area contributed by atoms with Gasteiger partial charge in [0.1, 0.15) is 11.9 Å². The first kappa shape index (κ1) is 11.6. The van der Waals surface area contributed by atoms with E-state index in [2.05, 4.69) is 5.32 Å². The van der Waals surface area contributed by atoms with Crippen molar-refractivity contribution in [2.45, 2.75) is 12.1 Å². The first-order valence-electron chi connectivity index (χ1n) is 4.47. The van der Waals surface area contributed by atoms with Crippen molar-refractivity contribution in [3.63, 3.8) is 0 Å². The van der Waals surface area contributed by atoms with Crippen LogP contribution in [-0.4, -0.2) is 24.2 Å². The van der Waals surface area contributed by atoms with Crippen LogP contribution in [0, 0.1) is 5.82 Å². The van der Waals surface area contributed by atoms with Crippen LogP contribution >= 0.6 is 0 Å². The molecule has 15 heavy (non-hydrogen) atoms. The van der Waals surface area contributed by atoms with Crippen molar-refractivity contribution in [3.05, 3.63) is 35.6 Å². The van der Waals surface area contributed by atoms with E-state index in [4.69, 9.17) is 10.8 Å². The van der Waals surface area contributed by atoms with Gasteiger partial charge >= 0.3 is 5.97 Å². The molecule has 0 aromatic heterocycles. The van der Waals surface area contributed by atoms with Crippen molar-refractivity contribution in [3.8, 4) is 0 Å². The fourth-order valence-corrected chi connectivity index (χ4v) is 1.40. The maximum atomic E-state index is 12.9. The lowest BCUT2D eigenvalue weighted by Gasteiger charge is -2.20. The summed E-state index contributed by atoms with van der Waals surface area (Å²) in [5.74, 6) is -1.54. The molecule has 4 nitrogen and oxygen atoms in total. The van der Waals surface area contributed by atoms with E-state index in [1.54, 1.807) is 13.1 Å². The molecular formula is C10H13FN2O2. The second-order valence-corrected chi connectivity index (χ2v) is 3.19. The number of benzene rings is 1. The Morgan fingerprint density at radius 3 is 2.73 bits per heavy atom. The summed E-state index contributed by atoms with van der Waals surface area (Å²) in [5.41, 5.74) is 5.99. The lowest BCUT2D eigenvalue weighted by atomic mass is 10.00. The summed E-state index contributed by atoms with van der Waals surface area (Å²) in [4.78, 5) is 10.7. The molecule has 0 heterocycles. The molecule has 0 saturated carbocycles. The number of nitrogens with one attached hydrogen (secondary N) is 1. The van der Waals surface area contributed by atoms with Crippen molar-refractivity contribution in [1.29, 1.82) is 0 Å². The summed E-state index contributed by atoms with van der Waals surface area (Å²) < 4.78 is 12.9. The van der Waals surface area contributed by atoms with E-state index >= 15 is 0 Å². The molecule has 0 amide bonds. The molecule has 4 N–H and O–H groups in total. The maximum absolute atomic E-state index is 12.9. The molecule has 0 aliphatic carbocycles. The van der Waals surface area contributed by atoms with Gasteiger partial charge in [0.05, 0.1) is 6.04 Å². The van der Waals surface area contributed by atoms with Gasteiger partial charge < -0.3 is 16.2 Å². The summed E-state index contributed by atoms with van der Waals surface area (Å²) in [5, 5.41) is 11.5. The van der Waals surface area contributed by atoms with Crippen molar-refractivity contribution in [2.75, 3.05) is 7.05 Å². The van der Waals surface area contributed by atoms with Crippen LogP contribution < -0.4 is 11.1 Å². The zero-order valence-corrected chi connectivity index (χ0v) is 8.27. The average Bonchev–Trinajstić information content (AvgIpc) is 2.18. The van der Waals surface area contributed by atoms with Gasteiger partial charge in [-0.25, -0.2) is 4.39 Å². The summed E-state index contributed by atoms with van der Waals surface area (Å²) in [6.07, 6.45) is 0. The molecule has 2 atom stereocenters. The van der Waals surface area contributed by atoms with Crippen molar-refractivity contribution in [1.82, 2.24) is 5.32 Å². The predicted octanol–water partition coefficient (Wildman–Crippen LogP) is 0.498. The number of carboxylic acid groups (broad SMARTS) is 1. The highest BCUT2D eigenvalue weighted by molar-refractivity contribution is 5.74. The third-order valence-corrected chi connectivity index (χ3v) is 2.16. The molecule has 0 radical (unpaired) electrons. The number of rotatable bonds is 4. The smallest absolute Gasteiger partial charge is 0.322 e. The first-order valence-corrected chi connectivity index (χ1v) is 4.47. The van der Waals surface area contributed by atoms with Crippen LogP contribution in [-0.2, 0) is 4.79 Å². The monoisotopic (exact) mass is 212 g/mol. The predicted molar refractivity (Wildman–Crippen MR) is 53.8 cm³/mol. The first-order chi connectivity index (χ1) is 7.06. The lowest BCUT2D eigenvalue weighted by Crippen LogP contribution is -2.42. The molecular weight excluding hydrogens is 199 g/mol. The van der Waals surface area contributed by atoms with Crippen molar-refractivity contribution >= 4 is 5.97 Å². The Hall–Kier alpha value is -1.46. The minimum atomic E-state index is -1.13. The summed E-state index contributed by atoms with van der Waals surface area (Å²) in [7, 11) is 1.58. The molecule has 0 spiro atoms. The average molecular weight is 212 g/mol. The highest BCUT2D eigenvalue weighted by Crippen LogP contribution is 2.16. The van der Waals surface area contributed by atoms with Gasteiger partial charge in [0.15, 0.2) is 0 Å². The van der Waals surface area contributed by atoms with Gasteiger partial charge in [-0.15, -0.1) is 0 Å². The fourth-order valence-electron chi connectivity index (χ4n) is 1.40. The Bertz CT molecular complexity index is 357. The second kappa shape index (κ2) is 4.86. The number of hydrogen-bond donors (Lipinski definition) is 3. The highest BCUT2D eigenvalue weighted by atomic mass is 19.1. The molecule has 0 fully saturated rings. The van der Waals surface area contributed by atoms with E-state index in [1.807, 2.05) is 0 Å². The largest absolute Gasteiger partial charge is 0.480 e. The van der Waals surface area contributed by atoms with Gasteiger partial charge in [0.25, 0.3) is 0 Å². The maximum Gasteiger partial charge on any atom is 0.322 e. The molecule has 0 aliphatic heterocycles. The number of hydrogen-bond acceptors (Lipinski definition) is 3. The highest BCUT2D eigenvalue weighted by Gasteiger charge is 2.24. The van der Waals surface area contributed by atoms with Gasteiger partial charge in [0.2, 0.25) is 0 Å². The topological polar surface area (TPSA) is 75.3 Å². The third-order valence-electron chi connectivity index (χ3n) is 2.16. The number of nitrogens with two attached hydrogens (primary N) is 1. The molecule has 2 unspecified atom stereocenters. The molecule has 5 heteroatoms. The van der Waals surface area contributed by atoms with Gasteiger partial charge in [0, 0.05) is 0 Å². The number of halogens is 1. The zero-order valence-electron chi connectivity index (χ0n) is 8.27. The summed E-state index contributed by atoms with van der Waals surface area (Å²) in [6, 6.07) is 4.01. The Morgan fingerprint density at radius 1 is 1.60 bits per heavy atom. The number of aliphatic carboxylic acids is 1. The zero-order chi connectivity index (χ0) is 11.4. The minimum Gasteiger partial charge on any atom is -0.480 e. The standard InChI is InChI=1S/C10H13FN2O2/c1-13-9(8(12)10(14)15)6-3-2-4-7(11)5-6/h2-5,8-9,13H,12H2,1H3,(H,14,15). The van der Waals surface area contributed by atoms with Crippen molar-refractivity contribution in [2.24, 2.45) is 5.73 Å². The molecule has 1 aromatic rings. The minimum absolute atomic E-state index is 0.412. The third kappa shape index (κ3) is 2.74. The Labute approximate surface area is 86.9 Å². The SMILES string of the molecule is CNC(c1cccc(F)c1)C(N)C(=O)O. The van der Waals surface area contributed by atoms with Crippen LogP contribution in [0.1, 0.15) is 11.6 Å². The van der Waals surface area contributed by atoms with Crippen LogP contribution in [0.3, 0.4) is 0 Å². The second-order valence-electron chi connectivity index (χ2n) is 3.19. The Morgan fingerprint density at radius 2 is 2.27 bits per heavy atom. The number of carboxylic acids is 1. The molecule has 82 valence electrons. The van der Waals surface area contributed by atoms with Crippen LogP contribution in [0.25, 0.3) is 0 Å². The number of carbonyl (C=O) groups is 1. The molecule has 1 aromatic carbocycles. The number of likely N-dealkylation sites (N-methyl/N-ethyl adjacent to an activating group) is 1. The van der Waals surface area contributed by atoms with E-state index in [0.717, 1.165) is 0 Å². The Kier molecular flexibility index (Phi) is 3.76. The van der Waals surface area contributed by atoms with E-state index < -0.39 is 23.9 Å². The van der Waals surface area contributed by atoms with E-state index in [-0.39, 0.29) is 0 Å². The molecule has 0 aliphatic rings.